The molecule has 0 aliphatic rings. The molecule has 0 saturated carbocycles. The first-order chi connectivity index (χ1) is 13.3. The number of carbonyl (C=O) groups excluding carboxylic acids is 1. The van der Waals surface area contributed by atoms with Gasteiger partial charge in [-0.1, -0.05) is 61.1 Å². The molecule has 0 fully saturated rings. The van der Waals surface area contributed by atoms with Crippen molar-refractivity contribution in [2.24, 2.45) is 0 Å². The zero-order chi connectivity index (χ0) is 20.3. The molecule has 0 aliphatic carbocycles. The minimum atomic E-state index is -3.25. The number of aromatic nitrogens is 1. The van der Waals surface area contributed by atoms with Gasteiger partial charge in [-0.05, 0) is 29.7 Å². The number of sulfone groups is 1. The quantitative estimate of drug-likeness (QED) is 0.629. The van der Waals surface area contributed by atoms with Crippen molar-refractivity contribution < 1.29 is 13.2 Å². The van der Waals surface area contributed by atoms with Crippen LogP contribution in [0.4, 0.5) is 5.13 Å². The molecule has 1 aromatic heterocycles. The number of benzene rings is 2. The topological polar surface area (TPSA) is 76.1 Å². The van der Waals surface area contributed by atoms with E-state index in [2.05, 4.69) is 29.4 Å². The Kier molecular flexibility index (Phi) is 5.96. The molecule has 1 amide bonds. The number of amides is 1. The van der Waals surface area contributed by atoms with Crippen LogP contribution in [0.3, 0.4) is 0 Å². The smallest absolute Gasteiger partial charge is 0.223 e. The first-order valence-corrected chi connectivity index (χ1v) is 11.7. The Morgan fingerprint density at radius 2 is 1.64 bits per heavy atom. The van der Waals surface area contributed by atoms with Gasteiger partial charge in [0.05, 0.1) is 15.5 Å². The van der Waals surface area contributed by atoms with Gasteiger partial charge in [0.15, 0.2) is 15.0 Å². The Hall–Kier alpha value is -2.51. The zero-order valence-corrected chi connectivity index (χ0v) is 17.7. The van der Waals surface area contributed by atoms with Gasteiger partial charge in [0.25, 0.3) is 0 Å². The van der Waals surface area contributed by atoms with Crippen LogP contribution in [-0.4, -0.2) is 25.6 Å². The molecule has 2 aromatic carbocycles. The fourth-order valence-electron chi connectivity index (χ4n) is 2.89. The molecule has 1 heterocycles. The molecule has 28 heavy (non-hydrogen) atoms. The molecule has 0 spiro atoms. The van der Waals surface area contributed by atoms with Gasteiger partial charge in [-0.3, -0.25) is 4.79 Å². The van der Waals surface area contributed by atoms with Crippen molar-refractivity contribution in [1.29, 1.82) is 0 Å². The summed E-state index contributed by atoms with van der Waals surface area (Å²) in [4.78, 5) is 17.2. The van der Waals surface area contributed by atoms with Crippen molar-refractivity contribution in [3.8, 4) is 21.7 Å². The lowest BCUT2D eigenvalue weighted by Crippen LogP contribution is -2.04. The van der Waals surface area contributed by atoms with Gasteiger partial charge < -0.3 is 5.32 Å². The van der Waals surface area contributed by atoms with Gasteiger partial charge in [0.1, 0.15) is 0 Å². The maximum absolute atomic E-state index is 11.7. The second-order valence-corrected chi connectivity index (χ2v) is 9.64. The van der Waals surface area contributed by atoms with Gasteiger partial charge in [-0.25, -0.2) is 13.4 Å². The van der Waals surface area contributed by atoms with Crippen LogP contribution >= 0.6 is 11.3 Å². The molecule has 0 bridgehead atoms. The molecule has 0 atom stereocenters. The average Bonchev–Trinajstić information content (AvgIpc) is 3.05. The summed E-state index contributed by atoms with van der Waals surface area (Å²) in [6.45, 7) is 3.59. The Bertz CT molecular complexity index is 1080. The molecule has 146 valence electrons. The molecule has 0 aliphatic heterocycles. The van der Waals surface area contributed by atoms with Gasteiger partial charge in [-0.15, -0.1) is 0 Å². The molecule has 3 aromatic rings. The third-order valence-corrected chi connectivity index (χ3v) is 6.37. The molecule has 0 radical (unpaired) electrons. The number of hydrogen-bond acceptors (Lipinski definition) is 5. The van der Waals surface area contributed by atoms with Crippen molar-refractivity contribution in [3.63, 3.8) is 0 Å². The third kappa shape index (κ3) is 4.66. The number of anilines is 1. The fourth-order valence-corrected chi connectivity index (χ4v) is 4.56. The van der Waals surface area contributed by atoms with E-state index in [9.17, 15) is 13.2 Å². The number of hydrogen-bond donors (Lipinski definition) is 1. The van der Waals surface area contributed by atoms with E-state index in [1.54, 1.807) is 24.3 Å². The highest BCUT2D eigenvalue weighted by Gasteiger charge is 2.17. The van der Waals surface area contributed by atoms with Crippen molar-refractivity contribution in [2.75, 3.05) is 11.6 Å². The van der Waals surface area contributed by atoms with Crippen LogP contribution in [0.2, 0.25) is 0 Å². The molecule has 0 unspecified atom stereocenters. The number of thiazole rings is 1. The fraction of sp³-hybridized carbons (Fsp3) is 0.238. The van der Waals surface area contributed by atoms with Crippen molar-refractivity contribution in [3.05, 3.63) is 54.1 Å². The molecular weight excluding hydrogens is 392 g/mol. The number of nitrogens with zero attached hydrogens (tertiary/aromatic N) is 1. The highest BCUT2D eigenvalue weighted by molar-refractivity contribution is 7.90. The monoisotopic (exact) mass is 414 g/mol. The van der Waals surface area contributed by atoms with E-state index < -0.39 is 9.84 Å². The normalized spacial score (nSPS) is 11.4. The van der Waals surface area contributed by atoms with Crippen LogP contribution < -0.4 is 5.32 Å². The Labute approximate surface area is 169 Å². The summed E-state index contributed by atoms with van der Waals surface area (Å²) < 4.78 is 23.4. The second kappa shape index (κ2) is 8.24. The van der Waals surface area contributed by atoms with Crippen LogP contribution in [0.1, 0.15) is 25.8 Å². The van der Waals surface area contributed by atoms with E-state index in [1.807, 2.05) is 12.1 Å². The summed E-state index contributed by atoms with van der Waals surface area (Å²) in [6, 6.07) is 15.0. The molecule has 1 N–H and O–H groups in total. The highest BCUT2D eigenvalue weighted by Crippen LogP contribution is 2.39. The van der Waals surface area contributed by atoms with E-state index in [0.29, 0.717) is 5.13 Å². The second-order valence-electron chi connectivity index (χ2n) is 6.62. The standard InChI is InChI=1S/C21H22N2O3S2/c1-4-5-15-6-8-16(9-7-15)19-20(27-21(23-19)22-14(2)24)17-10-12-18(13-11-17)28(3,25)26/h6-13H,4-5H2,1-3H3,(H,22,23,24). The predicted molar refractivity (Wildman–Crippen MR) is 114 cm³/mol. The van der Waals surface area contributed by atoms with Crippen LogP contribution in [-0.2, 0) is 21.1 Å². The molecule has 5 nitrogen and oxygen atoms in total. The van der Waals surface area contributed by atoms with Crippen LogP contribution in [0.5, 0.6) is 0 Å². The number of nitrogens with one attached hydrogen (secondary N) is 1. The molecule has 0 saturated heterocycles. The van der Waals surface area contributed by atoms with Gasteiger partial charge in [0, 0.05) is 18.7 Å². The van der Waals surface area contributed by atoms with Gasteiger partial charge >= 0.3 is 0 Å². The third-order valence-electron chi connectivity index (χ3n) is 4.22. The maximum Gasteiger partial charge on any atom is 0.223 e. The predicted octanol–water partition coefficient (Wildman–Crippen LogP) is 4.79. The lowest BCUT2D eigenvalue weighted by atomic mass is 10.0. The summed E-state index contributed by atoms with van der Waals surface area (Å²) >= 11 is 1.37. The Morgan fingerprint density at radius 3 is 2.18 bits per heavy atom. The lowest BCUT2D eigenvalue weighted by Gasteiger charge is -2.05. The molecule has 7 heteroatoms. The number of carbonyl (C=O) groups is 1. The van der Waals surface area contributed by atoms with Gasteiger partial charge in [-0.2, -0.15) is 0 Å². The van der Waals surface area contributed by atoms with Crippen LogP contribution in [0.15, 0.2) is 53.4 Å². The SMILES string of the molecule is CCCc1ccc(-c2nc(NC(C)=O)sc2-c2ccc(S(C)(=O)=O)cc2)cc1. The van der Waals surface area contributed by atoms with E-state index in [1.165, 1.54) is 30.1 Å². The highest BCUT2D eigenvalue weighted by atomic mass is 32.2. The first kappa shape index (κ1) is 20.2. The van der Waals surface area contributed by atoms with Crippen molar-refractivity contribution in [2.45, 2.75) is 31.6 Å². The Balaban J connectivity index is 2.06. The van der Waals surface area contributed by atoms with E-state index in [0.717, 1.165) is 34.5 Å². The summed E-state index contributed by atoms with van der Waals surface area (Å²) in [6.07, 6.45) is 3.29. The van der Waals surface area contributed by atoms with Gasteiger partial charge in [0.2, 0.25) is 5.91 Å². The summed E-state index contributed by atoms with van der Waals surface area (Å²) in [5.74, 6) is -0.183. The maximum atomic E-state index is 11.7. The average molecular weight is 415 g/mol. The first-order valence-electron chi connectivity index (χ1n) is 8.96. The number of aryl methyl sites for hydroxylation is 1. The van der Waals surface area contributed by atoms with E-state index >= 15 is 0 Å². The van der Waals surface area contributed by atoms with E-state index in [-0.39, 0.29) is 10.8 Å². The van der Waals surface area contributed by atoms with Crippen LogP contribution in [0, 0.1) is 0 Å². The molecular formula is C21H22N2O3S2. The van der Waals surface area contributed by atoms with Crippen molar-refractivity contribution in [1.82, 2.24) is 4.98 Å². The minimum absolute atomic E-state index is 0.183. The Morgan fingerprint density at radius 1 is 1.04 bits per heavy atom. The lowest BCUT2D eigenvalue weighted by molar-refractivity contribution is -0.114. The largest absolute Gasteiger partial charge is 0.302 e. The van der Waals surface area contributed by atoms with Crippen molar-refractivity contribution >= 4 is 32.2 Å². The zero-order valence-electron chi connectivity index (χ0n) is 16.0. The number of rotatable bonds is 6. The summed E-state index contributed by atoms with van der Waals surface area (Å²) in [5, 5.41) is 3.26. The minimum Gasteiger partial charge on any atom is -0.302 e. The van der Waals surface area contributed by atoms with E-state index in [4.69, 9.17) is 0 Å². The summed E-state index contributed by atoms with van der Waals surface area (Å²) in [5.41, 5.74) is 3.84. The van der Waals surface area contributed by atoms with Crippen LogP contribution in [0.25, 0.3) is 21.7 Å². The summed E-state index contributed by atoms with van der Waals surface area (Å²) in [7, 11) is -3.25. The molecule has 3 rings (SSSR count).